The van der Waals surface area contributed by atoms with Gasteiger partial charge in [0.05, 0.1) is 17.1 Å². The molecule has 2 aliphatic rings. The van der Waals surface area contributed by atoms with Crippen LogP contribution in [0.3, 0.4) is 0 Å². The minimum absolute atomic E-state index is 0.186. The zero-order valence-electron chi connectivity index (χ0n) is 21.4. The quantitative estimate of drug-likeness (QED) is 0.394. The van der Waals surface area contributed by atoms with E-state index in [4.69, 9.17) is 19.4 Å². The fourth-order valence-corrected chi connectivity index (χ4v) is 4.98. The van der Waals surface area contributed by atoms with E-state index in [1.165, 1.54) is 5.56 Å². The molecular formula is C30H28N6O3. The second kappa shape index (κ2) is 11.0. The Morgan fingerprint density at radius 1 is 0.897 bits per heavy atom. The highest BCUT2D eigenvalue weighted by Crippen LogP contribution is 2.33. The zero-order valence-corrected chi connectivity index (χ0v) is 21.4. The van der Waals surface area contributed by atoms with Gasteiger partial charge in [0.25, 0.3) is 0 Å². The van der Waals surface area contributed by atoms with Crippen molar-refractivity contribution in [3.8, 4) is 17.6 Å². The van der Waals surface area contributed by atoms with Crippen molar-refractivity contribution in [1.29, 1.82) is 5.26 Å². The van der Waals surface area contributed by atoms with Crippen molar-refractivity contribution in [2.45, 2.75) is 19.0 Å². The van der Waals surface area contributed by atoms with E-state index in [-0.39, 0.29) is 13.3 Å². The number of anilines is 1. The monoisotopic (exact) mass is 520 g/mol. The molecule has 4 aromatic rings. The highest BCUT2D eigenvalue weighted by molar-refractivity contribution is 5.88. The van der Waals surface area contributed by atoms with E-state index in [0.717, 1.165) is 43.8 Å². The van der Waals surface area contributed by atoms with E-state index < -0.39 is 11.8 Å². The highest BCUT2D eigenvalue weighted by atomic mass is 16.7. The number of benzene rings is 3. The number of carbonyl (C=O) groups is 1. The minimum Gasteiger partial charge on any atom is -0.454 e. The SMILES string of the molecule is N#CC(C(=O)NCc1ccc2c(c1)OCO2)c1nc2ccccc2nc1N1CCN(Cc2ccccc2)CC1. The number of nitrogens with one attached hydrogen (secondary N) is 1. The number of carbonyl (C=O) groups excluding carboxylic acids is 1. The van der Waals surface area contributed by atoms with Crippen molar-refractivity contribution < 1.29 is 14.3 Å². The number of nitrogens with zero attached hydrogens (tertiary/aromatic N) is 5. The average molecular weight is 521 g/mol. The predicted octanol–water partition coefficient (Wildman–Crippen LogP) is 3.60. The molecule has 196 valence electrons. The van der Waals surface area contributed by atoms with Crippen LogP contribution in [0.5, 0.6) is 11.5 Å². The summed E-state index contributed by atoms with van der Waals surface area (Å²) in [6, 6.07) is 25.7. The van der Waals surface area contributed by atoms with E-state index >= 15 is 0 Å². The summed E-state index contributed by atoms with van der Waals surface area (Å²) in [6.07, 6.45) is 0. The third-order valence-corrected chi connectivity index (χ3v) is 7.07. The summed E-state index contributed by atoms with van der Waals surface area (Å²) < 4.78 is 10.8. The lowest BCUT2D eigenvalue weighted by Gasteiger charge is -2.36. The van der Waals surface area contributed by atoms with Gasteiger partial charge < -0.3 is 19.7 Å². The topological polar surface area (TPSA) is 104 Å². The van der Waals surface area contributed by atoms with Gasteiger partial charge in [0.1, 0.15) is 5.69 Å². The molecule has 39 heavy (non-hydrogen) atoms. The molecule has 0 spiro atoms. The molecule has 3 heterocycles. The number of rotatable bonds is 7. The van der Waals surface area contributed by atoms with Crippen LogP contribution in [0.2, 0.25) is 0 Å². The maximum absolute atomic E-state index is 13.3. The molecular weight excluding hydrogens is 492 g/mol. The molecule has 9 nitrogen and oxygen atoms in total. The Kier molecular flexibility index (Phi) is 6.93. The summed E-state index contributed by atoms with van der Waals surface area (Å²) in [7, 11) is 0. The summed E-state index contributed by atoms with van der Waals surface area (Å²) in [5.41, 5.74) is 3.91. The van der Waals surface area contributed by atoms with Crippen LogP contribution in [0.1, 0.15) is 22.7 Å². The second-order valence-electron chi connectivity index (χ2n) is 9.64. The predicted molar refractivity (Wildman–Crippen MR) is 146 cm³/mol. The Hall–Kier alpha value is -4.68. The molecule has 0 bridgehead atoms. The van der Waals surface area contributed by atoms with Crippen molar-refractivity contribution in [3.05, 3.63) is 89.6 Å². The van der Waals surface area contributed by atoms with Crippen molar-refractivity contribution in [2.24, 2.45) is 0 Å². The van der Waals surface area contributed by atoms with Gasteiger partial charge in [-0.2, -0.15) is 5.26 Å². The number of piperazine rings is 1. The van der Waals surface area contributed by atoms with Crippen LogP contribution in [0.15, 0.2) is 72.8 Å². The molecule has 0 saturated carbocycles. The number of nitriles is 1. The lowest BCUT2D eigenvalue weighted by molar-refractivity contribution is -0.121. The molecule has 1 aromatic heterocycles. The number of aromatic nitrogens is 2. The van der Waals surface area contributed by atoms with E-state index in [0.29, 0.717) is 28.5 Å². The fourth-order valence-electron chi connectivity index (χ4n) is 4.98. The maximum Gasteiger partial charge on any atom is 0.243 e. The third-order valence-electron chi connectivity index (χ3n) is 7.07. The van der Waals surface area contributed by atoms with E-state index in [9.17, 15) is 10.1 Å². The zero-order chi connectivity index (χ0) is 26.6. The van der Waals surface area contributed by atoms with Crippen molar-refractivity contribution in [3.63, 3.8) is 0 Å². The summed E-state index contributed by atoms with van der Waals surface area (Å²) in [4.78, 5) is 27.6. The Bertz CT molecular complexity index is 1530. The number of hydrogen-bond acceptors (Lipinski definition) is 8. The minimum atomic E-state index is -1.10. The summed E-state index contributed by atoms with van der Waals surface area (Å²) in [5, 5.41) is 13.0. The molecule has 9 heteroatoms. The smallest absolute Gasteiger partial charge is 0.243 e. The molecule has 0 radical (unpaired) electrons. The van der Waals surface area contributed by atoms with Gasteiger partial charge in [0.15, 0.2) is 23.2 Å². The molecule has 1 unspecified atom stereocenters. The van der Waals surface area contributed by atoms with Crippen molar-refractivity contribution in [2.75, 3.05) is 37.9 Å². The van der Waals surface area contributed by atoms with Gasteiger partial charge in [0.2, 0.25) is 12.7 Å². The van der Waals surface area contributed by atoms with Crippen molar-refractivity contribution in [1.82, 2.24) is 20.2 Å². The molecule has 6 rings (SSSR count). The Balaban J connectivity index is 1.21. The van der Waals surface area contributed by atoms with Gasteiger partial charge in [0, 0.05) is 39.3 Å². The van der Waals surface area contributed by atoms with Gasteiger partial charge in [-0.15, -0.1) is 0 Å². The first-order valence-corrected chi connectivity index (χ1v) is 13.0. The van der Waals surface area contributed by atoms with Crippen LogP contribution in [-0.4, -0.2) is 53.7 Å². The molecule has 3 aromatic carbocycles. The first-order valence-electron chi connectivity index (χ1n) is 13.0. The third kappa shape index (κ3) is 5.33. The summed E-state index contributed by atoms with van der Waals surface area (Å²) in [5.74, 6) is 0.405. The number of hydrogen-bond donors (Lipinski definition) is 1. The molecule has 1 fully saturated rings. The largest absolute Gasteiger partial charge is 0.454 e. The molecule has 0 aliphatic carbocycles. The summed E-state index contributed by atoms with van der Waals surface area (Å²) >= 11 is 0. The molecule has 1 N–H and O–H groups in total. The number of para-hydroxylation sites is 2. The van der Waals surface area contributed by atoms with Crippen LogP contribution >= 0.6 is 0 Å². The average Bonchev–Trinajstić information content (AvgIpc) is 3.45. The van der Waals surface area contributed by atoms with Gasteiger partial charge in [-0.25, -0.2) is 9.97 Å². The first kappa shape index (κ1) is 24.6. The second-order valence-corrected chi connectivity index (χ2v) is 9.64. The van der Waals surface area contributed by atoms with Crippen LogP contribution < -0.4 is 19.7 Å². The van der Waals surface area contributed by atoms with Crippen LogP contribution in [-0.2, 0) is 17.9 Å². The Morgan fingerprint density at radius 2 is 1.62 bits per heavy atom. The highest BCUT2D eigenvalue weighted by Gasteiger charge is 2.30. The van der Waals surface area contributed by atoms with Gasteiger partial charge in [-0.3, -0.25) is 9.69 Å². The normalized spacial score (nSPS) is 15.6. The lowest BCUT2D eigenvalue weighted by Crippen LogP contribution is -2.47. The molecule has 2 aliphatic heterocycles. The van der Waals surface area contributed by atoms with Crippen LogP contribution in [0.4, 0.5) is 5.82 Å². The molecule has 1 saturated heterocycles. The molecule has 1 amide bonds. The number of ether oxygens (including phenoxy) is 2. The number of fused-ring (bicyclic) bond motifs is 2. The number of amides is 1. The van der Waals surface area contributed by atoms with Gasteiger partial charge in [-0.1, -0.05) is 48.5 Å². The lowest BCUT2D eigenvalue weighted by atomic mass is 10.0. The Morgan fingerprint density at radius 3 is 2.38 bits per heavy atom. The van der Waals surface area contributed by atoms with Crippen molar-refractivity contribution >= 4 is 22.8 Å². The first-order chi connectivity index (χ1) is 19.2. The van der Waals surface area contributed by atoms with E-state index in [1.54, 1.807) is 0 Å². The van der Waals surface area contributed by atoms with Crippen LogP contribution in [0.25, 0.3) is 11.0 Å². The van der Waals surface area contributed by atoms with Gasteiger partial charge in [-0.05, 0) is 35.4 Å². The van der Waals surface area contributed by atoms with E-state index in [2.05, 4.69) is 45.5 Å². The van der Waals surface area contributed by atoms with Gasteiger partial charge >= 0.3 is 0 Å². The molecule has 1 atom stereocenters. The Labute approximate surface area is 226 Å². The fraction of sp³-hybridized carbons (Fsp3) is 0.267. The maximum atomic E-state index is 13.3. The summed E-state index contributed by atoms with van der Waals surface area (Å²) in [6.45, 7) is 4.46. The standard InChI is InChI=1S/C30H28N6O3/c31-17-23(30(37)32-18-22-10-11-26-27(16-22)39-20-38-26)28-29(34-25-9-5-4-8-24(25)33-28)36-14-12-35(13-15-36)19-21-6-2-1-3-7-21/h1-11,16,23H,12-15,18-20H2,(H,32,37). The van der Waals surface area contributed by atoms with Crippen LogP contribution in [0, 0.1) is 11.3 Å². The van der Waals surface area contributed by atoms with E-state index in [1.807, 2.05) is 48.5 Å².